The maximum absolute atomic E-state index is 12.2. The summed E-state index contributed by atoms with van der Waals surface area (Å²) in [6.45, 7) is 8.34. The molecule has 112 valence electrons. The molecular weight excluding hydrogens is 266 g/mol. The SMILES string of the molecule is Cc1cnc(CN2CCc3nc(C(C)C)[nH]c(=O)c3C2)[nH]1. The Kier molecular flexibility index (Phi) is 3.63. The number of fused-ring (bicyclic) bond motifs is 1. The van der Waals surface area contributed by atoms with E-state index in [1.807, 2.05) is 27.0 Å². The van der Waals surface area contributed by atoms with Crippen molar-refractivity contribution in [1.82, 2.24) is 24.8 Å². The molecule has 2 N–H and O–H groups in total. The van der Waals surface area contributed by atoms with Gasteiger partial charge in [-0.3, -0.25) is 9.69 Å². The van der Waals surface area contributed by atoms with Gasteiger partial charge in [0, 0.05) is 37.3 Å². The lowest BCUT2D eigenvalue weighted by Gasteiger charge is -2.27. The molecule has 0 aliphatic carbocycles. The highest BCUT2D eigenvalue weighted by Gasteiger charge is 2.22. The van der Waals surface area contributed by atoms with Gasteiger partial charge in [0.25, 0.3) is 5.56 Å². The topological polar surface area (TPSA) is 77.7 Å². The molecule has 3 rings (SSSR count). The average Bonchev–Trinajstić information content (AvgIpc) is 2.84. The van der Waals surface area contributed by atoms with Gasteiger partial charge in [-0.1, -0.05) is 13.8 Å². The van der Waals surface area contributed by atoms with E-state index in [2.05, 4.69) is 24.8 Å². The van der Waals surface area contributed by atoms with Crippen LogP contribution in [0.15, 0.2) is 11.0 Å². The van der Waals surface area contributed by atoms with Crippen LogP contribution in [0.5, 0.6) is 0 Å². The van der Waals surface area contributed by atoms with Crippen molar-refractivity contribution in [3.63, 3.8) is 0 Å². The number of nitrogens with zero attached hydrogens (tertiary/aromatic N) is 3. The van der Waals surface area contributed by atoms with Crippen LogP contribution in [0.25, 0.3) is 0 Å². The molecule has 1 aliphatic heterocycles. The van der Waals surface area contributed by atoms with Gasteiger partial charge in [-0.05, 0) is 6.92 Å². The van der Waals surface area contributed by atoms with Gasteiger partial charge in [-0.2, -0.15) is 0 Å². The van der Waals surface area contributed by atoms with E-state index in [0.29, 0.717) is 6.54 Å². The first-order valence-corrected chi connectivity index (χ1v) is 7.37. The van der Waals surface area contributed by atoms with Crippen molar-refractivity contribution in [2.45, 2.75) is 46.2 Å². The highest BCUT2D eigenvalue weighted by molar-refractivity contribution is 5.21. The zero-order chi connectivity index (χ0) is 15.0. The van der Waals surface area contributed by atoms with Crippen LogP contribution in [0.1, 0.15) is 48.4 Å². The van der Waals surface area contributed by atoms with Crippen LogP contribution in [0.4, 0.5) is 0 Å². The highest BCUT2D eigenvalue weighted by Crippen LogP contribution is 2.17. The molecule has 0 spiro atoms. The lowest BCUT2D eigenvalue weighted by molar-refractivity contribution is 0.236. The molecule has 0 amide bonds. The number of imidazole rings is 1. The van der Waals surface area contributed by atoms with Crippen molar-refractivity contribution in [2.75, 3.05) is 6.54 Å². The fourth-order valence-electron chi connectivity index (χ4n) is 2.67. The summed E-state index contributed by atoms with van der Waals surface area (Å²) < 4.78 is 0. The van der Waals surface area contributed by atoms with Gasteiger partial charge >= 0.3 is 0 Å². The molecule has 0 saturated carbocycles. The Morgan fingerprint density at radius 1 is 1.38 bits per heavy atom. The second kappa shape index (κ2) is 5.44. The molecule has 0 fully saturated rings. The third-order valence-electron chi connectivity index (χ3n) is 3.84. The second-order valence-electron chi connectivity index (χ2n) is 6.00. The van der Waals surface area contributed by atoms with E-state index in [1.54, 1.807) is 0 Å². The molecule has 1 aliphatic rings. The summed E-state index contributed by atoms with van der Waals surface area (Å²) in [5.41, 5.74) is 2.82. The van der Waals surface area contributed by atoms with Crippen LogP contribution in [0.2, 0.25) is 0 Å². The van der Waals surface area contributed by atoms with Crippen molar-refractivity contribution < 1.29 is 0 Å². The van der Waals surface area contributed by atoms with Crippen molar-refractivity contribution in [2.24, 2.45) is 0 Å². The first-order chi connectivity index (χ1) is 10.0. The molecule has 0 radical (unpaired) electrons. The third-order valence-corrected chi connectivity index (χ3v) is 3.84. The maximum Gasteiger partial charge on any atom is 0.255 e. The largest absolute Gasteiger partial charge is 0.345 e. The van der Waals surface area contributed by atoms with Crippen LogP contribution in [0.3, 0.4) is 0 Å². The average molecular weight is 287 g/mol. The zero-order valence-electron chi connectivity index (χ0n) is 12.7. The summed E-state index contributed by atoms with van der Waals surface area (Å²) in [5, 5.41) is 0. The Hall–Kier alpha value is -1.95. The second-order valence-corrected chi connectivity index (χ2v) is 6.00. The minimum Gasteiger partial charge on any atom is -0.345 e. The minimum atomic E-state index is 0.00373. The minimum absolute atomic E-state index is 0.00373. The number of aromatic nitrogens is 4. The molecule has 0 atom stereocenters. The van der Waals surface area contributed by atoms with E-state index in [-0.39, 0.29) is 11.5 Å². The van der Waals surface area contributed by atoms with Crippen molar-refractivity contribution in [1.29, 1.82) is 0 Å². The van der Waals surface area contributed by atoms with E-state index >= 15 is 0 Å². The lowest BCUT2D eigenvalue weighted by atomic mass is 10.1. The number of aromatic amines is 2. The first-order valence-electron chi connectivity index (χ1n) is 7.37. The monoisotopic (exact) mass is 287 g/mol. The molecule has 6 heteroatoms. The van der Waals surface area contributed by atoms with Crippen molar-refractivity contribution >= 4 is 0 Å². The lowest BCUT2D eigenvalue weighted by Crippen LogP contribution is -2.36. The maximum atomic E-state index is 12.2. The van der Waals surface area contributed by atoms with Gasteiger partial charge in [0.15, 0.2) is 0 Å². The van der Waals surface area contributed by atoms with Crippen LogP contribution >= 0.6 is 0 Å². The standard InChI is InChI=1S/C15H21N5O/c1-9(2)14-18-12-4-5-20(7-11(12)15(21)19-14)8-13-16-6-10(3)17-13/h6,9H,4-5,7-8H2,1-3H3,(H,16,17)(H,18,19,21). The summed E-state index contributed by atoms with van der Waals surface area (Å²) in [4.78, 5) is 29.6. The van der Waals surface area contributed by atoms with Gasteiger partial charge in [-0.25, -0.2) is 9.97 Å². The third kappa shape index (κ3) is 2.90. The number of rotatable bonds is 3. The summed E-state index contributed by atoms with van der Waals surface area (Å²) in [5.74, 6) is 1.97. The summed E-state index contributed by atoms with van der Waals surface area (Å²) in [7, 11) is 0. The molecule has 0 saturated heterocycles. The summed E-state index contributed by atoms with van der Waals surface area (Å²) in [6.07, 6.45) is 2.65. The fourth-order valence-corrected chi connectivity index (χ4v) is 2.67. The Bertz CT molecular complexity index is 700. The van der Waals surface area contributed by atoms with E-state index in [9.17, 15) is 4.79 Å². The van der Waals surface area contributed by atoms with Crippen molar-refractivity contribution in [3.8, 4) is 0 Å². The quantitative estimate of drug-likeness (QED) is 0.896. The molecule has 2 aromatic heterocycles. The predicted octanol–water partition coefficient (Wildman–Crippen LogP) is 1.48. The molecule has 0 unspecified atom stereocenters. The Labute approximate surface area is 123 Å². The smallest absolute Gasteiger partial charge is 0.255 e. The van der Waals surface area contributed by atoms with Gasteiger partial charge in [-0.15, -0.1) is 0 Å². The van der Waals surface area contributed by atoms with Crippen LogP contribution < -0.4 is 5.56 Å². The number of hydrogen-bond donors (Lipinski definition) is 2. The Morgan fingerprint density at radius 3 is 2.86 bits per heavy atom. The van der Waals surface area contributed by atoms with Gasteiger partial charge in [0.2, 0.25) is 0 Å². The van der Waals surface area contributed by atoms with E-state index in [0.717, 1.165) is 48.1 Å². The van der Waals surface area contributed by atoms with Crippen molar-refractivity contribution in [3.05, 3.63) is 45.2 Å². The van der Waals surface area contributed by atoms with Crippen LogP contribution in [-0.2, 0) is 19.5 Å². The van der Waals surface area contributed by atoms with Gasteiger partial charge in [0.1, 0.15) is 11.6 Å². The van der Waals surface area contributed by atoms with E-state index < -0.39 is 0 Å². The molecular formula is C15H21N5O. The molecule has 0 aromatic carbocycles. The predicted molar refractivity (Wildman–Crippen MR) is 80.1 cm³/mol. The van der Waals surface area contributed by atoms with E-state index in [1.165, 1.54) is 0 Å². The first kappa shape index (κ1) is 14.0. The zero-order valence-corrected chi connectivity index (χ0v) is 12.7. The number of H-pyrrole nitrogens is 2. The molecule has 0 bridgehead atoms. The highest BCUT2D eigenvalue weighted by atomic mass is 16.1. The Morgan fingerprint density at radius 2 is 2.19 bits per heavy atom. The molecule has 2 aromatic rings. The Balaban J connectivity index is 1.81. The summed E-state index contributed by atoms with van der Waals surface area (Å²) >= 11 is 0. The van der Waals surface area contributed by atoms with Crippen LogP contribution in [-0.4, -0.2) is 31.4 Å². The van der Waals surface area contributed by atoms with E-state index in [4.69, 9.17) is 0 Å². The number of hydrogen-bond acceptors (Lipinski definition) is 4. The fraction of sp³-hybridized carbons (Fsp3) is 0.533. The number of aryl methyl sites for hydroxylation is 1. The van der Waals surface area contributed by atoms with Gasteiger partial charge in [0.05, 0.1) is 17.8 Å². The molecule has 21 heavy (non-hydrogen) atoms. The molecule has 6 nitrogen and oxygen atoms in total. The molecule has 3 heterocycles. The summed E-state index contributed by atoms with van der Waals surface area (Å²) in [6, 6.07) is 0. The normalized spacial score (nSPS) is 15.4. The van der Waals surface area contributed by atoms with Gasteiger partial charge < -0.3 is 9.97 Å². The number of nitrogens with one attached hydrogen (secondary N) is 2. The van der Waals surface area contributed by atoms with Crippen LogP contribution in [0, 0.1) is 6.92 Å².